The summed E-state index contributed by atoms with van der Waals surface area (Å²) in [6.45, 7) is 3.23. The number of hydrogen-bond acceptors (Lipinski definition) is 2. The van der Waals surface area contributed by atoms with Crippen LogP contribution in [0.1, 0.15) is 26.7 Å². The van der Waals surface area contributed by atoms with E-state index in [9.17, 15) is 18.4 Å². The molecule has 1 saturated heterocycles. The molecule has 114 valence electrons. The predicted octanol–water partition coefficient (Wildman–Crippen LogP) is 2.75. The maximum Gasteiger partial charge on any atom is 0.252 e. The third-order valence-electron chi connectivity index (χ3n) is 3.65. The summed E-state index contributed by atoms with van der Waals surface area (Å²) in [5.41, 5.74) is -1.58. The van der Waals surface area contributed by atoms with Crippen molar-refractivity contribution in [2.45, 2.75) is 32.2 Å². The van der Waals surface area contributed by atoms with Gasteiger partial charge in [-0.2, -0.15) is 0 Å². The van der Waals surface area contributed by atoms with Crippen LogP contribution in [-0.2, 0) is 9.59 Å². The molecule has 1 aromatic rings. The van der Waals surface area contributed by atoms with E-state index in [-0.39, 0.29) is 23.3 Å². The van der Waals surface area contributed by atoms with Crippen LogP contribution in [0.4, 0.5) is 14.5 Å². The summed E-state index contributed by atoms with van der Waals surface area (Å²) < 4.78 is 28.4. The van der Waals surface area contributed by atoms with Crippen molar-refractivity contribution in [2.75, 3.05) is 11.4 Å². The highest BCUT2D eigenvalue weighted by molar-refractivity contribution is 9.10. The van der Waals surface area contributed by atoms with Gasteiger partial charge in [0.05, 0.1) is 0 Å². The maximum atomic E-state index is 14.1. The van der Waals surface area contributed by atoms with Gasteiger partial charge in [-0.3, -0.25) is 9.59 Å². The van der Waals surface area contributed by atoms with Crippen LogP contribution in [0.2, 0.25) is 0 Å². The van der Waals surface area contributed by atoms with Gasteiger partial charge in [0.1, 0.15) is 11.2 Å². The Balaban J connectivity index is 2.52. The fourth-order valence-corrected chi connectivity index (χ4v) is 2.68. The molecule has 1 aromatic carbocycles. The molecule has 0 saturated carbocycles. The quantitative estimate of drug-likeness (QED) is 0.881. The summed E-state index contributed by atoms with van der Waals surface area (Å²) in [7, 11) is 0. The van der Waals surface area contributed by atoms with Gasteiger partial charge in [-0.1, -0.05) is 22.9 Å². The van der Waals surface area contributed by atoms with Gasteiger partial charge in [-0.15, -0.1) is 0 Å². The number of carbonyl (C=O) groups is 2. The molecule has 21 heavy (non-hydrogen) atoms. The van der Waals surface area contributed by atoms with E-state index in [0.717, 1.165) is 17.0 Å². The molecule has 7 heteroatoms. The molecule has 1 unspecified atom stereocenters. The zero-order valence-electron chi connectivity index (χ0n) is 11.7. The highest BCUT2D eigenvalue weighted by Gasteiger charge is 2.41. The minimum absolute atomic E-state index is 0.00370. The van der Waals surface area contributed by atoms with Gasteiger partial charge in [0.15, 0.2) is 11.6 Å². The highest BCUT2D eigenvalue weighted by atomic mass is 79.9. The highest BCUT2D eigenvalue weighted by Crippen LogP contribution is 2.30. The summed E-state index contributed by atoms with van der Waals surface area (Å²) >= 11 is 3.00. The smallest absolute Gasteiger partial charge is 0.252 e. The number of amides is 2. The first-order valence-electron chi connectivity index (χ1n) is 6.56. The van der Waals surface area contributed by atoms with E-state index in [4.69, 9.17) is 0 Å². The van der Waals surface area contributed by atoms with Crippen molar-refractivity contribution < 1.29 is 18.4 Å². The average Bonchev–Trinajstić information content (AvgIpc) is 2.49. The van der Waals surface area contributed by atoms with Gasteiger partial charge in [0.2, 0.25) is 5.91 Å². The Morgan fingerprint density at radius 1 is 1.33 bits per heavy atom. The molecule has 0 spiro atoms. The van der Waals surface area contributed by atoms with Crippen molar-refractivity contribution in [3.05, 3.63) is 28.2 Å². The Bertz CT molecular complexity index is 586. The lowest BCUT2D eigenvalue weighted by atomic mass is 9.97. The van der Waals surface area contributed by atoms with Crippen LogP contribution in [0, 0.1) is 11.6 Å². The second-order valence-electron chi connectivity index (χ2n) is 5.16. The molecular weight excluding hydrogens is 346 g/mol. The lowest BCUT2D eigenvalue weighted by Crippen LogP contribution is -2.55. The fourth-order valence-electron chi connectivity index (χ4n) is 2.28. The lowest BCUT2D eigenvalue weighted by molar-refractivity contribution is -0.129. The van der Waals surface area contributed by atoms with Crippen LogP contribution in [0.5, 0.6) is 0 Å². The summed E-state index contributed by atoms with van der Waals surface area (Å²) in [5.74, 6) is -2.52. The molecule has 0 aromatic heterocycles. The minimum Gasteiger partial charge on any atom is -0.342 e. The Kier molecular flexibility index (Phi) is 4.32. The largest absolute Gasteiger partial charge is 0.342 e. The van der Waals surface area contributed by atoms with Crippen LogP contribution in [-0.4, -0.2) is 23.9 Å². The Morgan fingerprint density at radius 3 is 2.43 bits per heavy atom. The topological polar surface area (TPSA) is 49.4 Å². The second-order valence-corrected chi connectivity index (χ2v) is 6.07. The molecule has 1 heterocycles. The van der Waals surface area contributed by atoms with Gasteiger partial charge in [-0.05, 0) is 25.5 Å². The molecule has 0 radical (unpaired) electrons. The zero-order valence-corrected chi connectivity index (χ0v) is 13.3. The monoisotopic (exact) mass is 360 g/mol. The Hall–Kier alpha value is -1.50. The van der Waals surface area contributed by atoms with Crippen LogP contribution in [0.3, 0.4) is 0 Å². The third-order valence-corrected chi connectivity index (χ3v) is 4.11. The fraction of sp³-hybridized carbons (Fsp3) is 0.429. The van der Waals surface area contributed by atoms with E-state index in [1.807, 2.05) is 0 Å². The summed E-state index contributed by atoms with van der Waals surface area (Å²) in [5, 5.41) is 2.62. The number of carbonyl (C=O) groups excluding carboxylic acids is 2. The maximum absolute atomic E-state index is 14.1. The van der Waals surface area contributed by atoms with Crippen LogP contribution < -0.4 is 10.2 Å². The SMILES string of the molecule is CCC1(C)NC(=O)CCN(c2c(F)cc(Br)cc2F)C1=O. The van der Waals surface area contributed by atoms with E-state index in [0.29, 0.717) is 6.42 Å². The van der Waals surface area contributed by atoms with Gasteiger partial charge in [-0.25, -0.2) is 8.78 Å². The molecule has 2 amide bonds. The van der Waals surface area contributed by atoms with Gasteiger partial charge in [0, 0.05) is 17.4 Å². The zero-order chi connectivity index (χ0) is 15.8. The number of benzene rings is 1. The number of hydrogen-bond donors (Lipinski definition) is 1. The second kappa shape index (κ2) is 5.71. The molecule has 1 atom stereocenters. The Morgan fingerprint density at radius 2 is 1.90 bits per heavy atom. The molecule has 2 rings (SSSR count). The molecular formula is C14H15BrF2N2O2. The third kappa shape index (κ3) is 2.92. The predicted molar refractivity (Wildman–Crippen MR) is 77.9 cm³/mol. The van der Waals surface area contributed by atoms with Crippen LogP contribution in [0.25, 0.3) is 0 Å². The number of nitrogens with one attached hydrogen (secondary N) is 1. The number of rotatable bonds is 2. The van der Waals surface area contributed by atoms with Gasteiger partial charge < -0.3 is 10.2 Å². The van der Waals surface area contributed by atoms with Crippen molar-refractivity contribution >= 4 is 33.4 Å². The van der Waals surface area contributed by atoms with Gasteiger partial charge in [0.25, 0.3) is 5.91 Å². The van der Waals surface area contributed by atoms with Crippen LogP contribution >= 0.6 is 15.9 Å². The molecule has 0 aliphatic carbocycles. The first-order chi connectivity index (χ1) is 9.78. The van der Waals surface area contributed by atoms with Crippen molar-refractivity contribution in [1.29, 1.82) is 0 Å². The van der Waals surface area contributed by atoms with E-state index >= 15 is 0 Å². The molecule has 0 bridgehead atoms. The Labute approximate surface area is 129 Å². The van der Waals surface area contributed by atoms with E-state index in [1.165, 1.54) is 0 Å². The summed E-state index contributed by atoms with van der Waals surface area (Å²) in [4.78, 5) is 25.3. The number of halogens is 3. The van der Waals surface area contributed by atoms with E-state index in [2.05, 4.69) is 21.2 Å². The molecule has 1 aliphatic rings. The molecule has 1 fully saturated rings. The van der Waals surface area contributed by atoms with Crippen LogP contribution in [0.15, 0.2) is 16.6 Å². The molecule has 1 N–H and O–H groups in total. The minimum atomic E-state index is -1.17. The average molecular weight is 361 g/mol. The van der Waals surface area contributed by atoms with Crippen molar-refractivity contribution in [1.82, 2.24) is 5.32 Å². The van der Waals surface area contributed by atoms with Crippen molar-refractivity contribution in [2.24, 2.45) is 0 Å². The van der Waals surface area contributed by atoms with E-state index < -0.39 is 28.8 Å². The van der Waals surface area contributed by atoms with Gasteiger partial charge >= 0.3 is 0 Å². The summed E-state index contributed by atoms with van der Waals surface area (Å²) in [6.07, 6.45) is 0.324. The lowest BCUT2D eigenvalue weighted by Gasteiger charge is -2.31. The molecule has 1 aliphatic heterocycles. The first-order valence-corrected chi connectivity index (χ1v) is 7.35. The normalized spacial score (nSPS) is 23.0. The number of nitrogens with zero attached hydrogens (tertiary/aromatic N) is 1. The summed E-state index contributed by atoms with van der Waals surface area (Å²) in [6, 6.07) is 2.18. The number of anilines is 1. The standard InChI is InChI=1S/C14H15BrF2N2O2/c1-3-14(2)13(21)19(5-4-11(20)18-14)12-9(16)6-8(15)7-10(12)17/h6-7H,3-5H2,1-2H3,(H,18,20). The molecule has 4 nitrogen and oxygen atoms in total. The van der Waals surface area contributed by atoms with Crippen molar-refractivity contribution in [3.63, 3.8) is 0 Å². The first kappa shape index (κ1) is 15.9. The van der Waals surface area contributed by atoms with Crippen molar-refractivity contribution in [3.8, 4) is 0 Å². The van der Waals surface area contributed by atoms with E-state index in [1.54, 1.807) is 13.8 Å².